The van der Waals surface area contributed by atoms with Crippen LogP contribution in [0.1, 0.15) is 16.2 Å². The summed E-state index contributed by atoms with van der Waals surface area (Å²) in [5.74, 6) is 1.04. The maximum absolute atomic E-state index is 13.0. The maximum Gasteiger partial charge on any atom is 0.265 e. The van der Waals surface area contributed by atoms with Gasteiger partial charge in [0.05, 0.1) is 33.9 Å². The molecule has 158 valence electrons. The standard InChI is InChI=1S/C24H18N4O3S/c1-14-25-19-6-4-3-5-18(19)23(30)28(14)16-9-7-15(8-10-16)22(29)27-24-26-20-12-11-17(31-2)13-21(20)32-24/h3-13H,1-2H3,(H,26,27,29). The van der Waals surface area contributed by atoms with Crippen LogP contribution in [0, 0.1) is 6.92 Å². The number of fused-ring (bicyclic) bond motifs is 2. The maximum atomic E-state index is 13.0. The number of aromatic nitrogens is 3. The largest absolute Gasteiger partial charge is 0.497 e. The third-order valence-corrected chi connectivity index (χ3v) is 6.08. The number of nitrogens with zero attached hydrogens (tertiary/aromatic N) is 3. The number of methoxy groups -OCH3 is 1. The second-order valence-corrected chi connectivity index (χ2v) is 8.20. The van der Waals surface area contributed by atoms with Crippen LogP contribution < -0.4 is 15.6 Å². The molecule has 0 aliphatic heterocycles. The summed E-state index contributed by atoms with van der Waals surface area (Å²) in [6.45, 7) is 1.79. The molecule has 0 spiro atoms. The predicted octanol–water partition coefficient (Wildman–Crippen LogP) is 4.56. The van der Waals surface area contributed by atoms with E-state index < -0.39 is 0 Å². The van der Waals surface area contributed by atoms with Gasteiger partial charge in [0.25, 0.3) is 11.5 Å². The molecule has 5 rings (SSSR count). The Morgan fingerprint density at radius 1 is 1.00 bits per heavy atom. The number of aryl methyl sites for hydroxylation is 1. The van der Waals surface area contributed by atoms with E-state index in [9.17, 15) is 9.59 Å². The number of rotatable bonds is 4. The predicted molar refractivity (Wildman–Crippen MR) is 126 cm³/mol. The molecule has 2 heterocycles. The summed E-state index contributed by atoms with van der Waals surface area (Å²) in [6, 6.07) is 19.7. The van der Waals surface area contributed by atoms with E-state index in [0.29, 0.717) is 33.1 Å². The van der Waals surface area contributed by atoms with Gasteiger partial charge in [-0.25, -0.2) is 9.97 Å². The molecule has 0 aliphatic carbocycles. The Hall–Kier alpha value is -4.04. The Balaban J connectivity index is 1.42. The summed E-state index contributed by atoms with van der Waals surface area (Å²) in [4.78, 5) is 34.7. The van der Waals surface area contributed by atoms with Gasteiger partial charge >= 0.3 is 0 Å². The van der Waals surface area contributed by atoms with Gasteiger partial charge in [-0.2, -0.15) is 0 Å². The highest BCUT2D eigenvalue weighted by molar-refractivity contribution is 7.22. The summed E-state index contributed by atoms with van der Waals surface area (Å²) < 4.78 is 7.70. The lowest BCUT2D eigenvalue weighted by atomic mass is 10.2. The minimum atomic E-state index is -0.275. The fourth-order valence-corrected chi connectivity index (χ4v) is 4.45. The molecule has 3 aromatic carbocycles. The summed E-state index contributed by atoms with van der Waals surface area (Å²) in [6.07, 6.45) is 0. The first-order chi connectivity index (χ1) is 15.5. The first kappa shape index (κ1) is 19.9. The number of para-hydroxylation sites is 1. The molecule has 5 aromatic rings. The molecule has 1 N–H and O–H groups in total. The van der Waals surface area contributed by atoms with E-state index in [2.05, 4.69) is 15.3 Å². The molecule has 2 aromatic heterocycles. The van der Waals surface area contributed by atoms with Crippen LogP contribution in [-0.2, 0) is 0 Å². The highest BCUT2D eigenvalue weighted by atomic mass is 32.1. The molecule has 0 radical (unpaired) electrons. The summed E-state index contributed by atoms with van der Waals surface area (Å²) in [5.41, 5.74) is 2.42. The quantitative estimate of drug-likeness (QED) is 0.441. The van der Waals surface area contributed by atoms with Crippen molar-refractivity contribution in [1.82, 2.24) is 14.5 Å². The van der Waals surface area contributed by atoms with E-state index in [0.717, 1.165) is 16.0 Å². The van der Waals surface area contributed by atoms with Gasteiger partial charge in [0.15, 0.2) is 5.13 Å². The van der Waals surface area contributed by atoms with Crippen LogP contribution in [0.5, 0.6) is 5.75 Å². The van der Waals surface area contributed by atoms with Crippen molar-refractivity contribution >= 4 is 43.5 Å². The molecule has 8 heteroatoms. The van der Waals surface area contributed by atoms with Crippen LogP contribution in [0.25, 0.3) is 26.8 Å². The first-order valence-electron chi connectivity index (χ1n) is 9.88. The Kier molecular flexibility index (Phi) is 4.91. The second-order valence-electron chi connectivity index (χ2n) is 7.17. The van der Waals surface area contributed by atoms with Crippen LogP contribution in [0.4, 0.5) is 5.13 Å². The molecule has 0 saturated heterocycles. The molecule has 1 amide bonds. The number of thiazole rings is 1. The lowest BCUT2D eigenvalue weighted by Gasteiger charge is -2.11. The van der Waals surface area contributed by atoms with E-state index in [1.54, 1.807) is 48.9 Å². The highest BCUT2D eigenvalue weighted by Gasteiger charge is 2.13. The summed E-state index contributed by atoms with van der Waals surface area (Å²) in [7, 11) is 1.61. The van der Waals surface area contributed by atoms with Crippen molar-refractivity contribution in [2.24, 2.45) is 0 Å². The third kappa shape index (κ3) is 3.50. The number of amides is 1. The van der Waals surface area contributed by atoms with Crippen molar-refractivity contribution < 1.29 is 9.53 Å². The van der Waals surface area contributed by atoms with Crippen LogP contribution >= 0.6 is 11.3 Å². The number of hydrogen-bond acceptors (Lipinski definition) is 6. The number of carbonyl (C=O) groups is 1. The Morgan fingerprint density at radius 3 is 2.56 bits per heavy atom. The van der Waals surface area contributed by atoms with Gasteiger partial charge in [-0.05, 0) is 61.5 Å². The Bertz CT molecular complexity index is 1540. The van der Waals surface area contributed by atoms with Crippen molar-refractivity contribution in [3.8, 4) is 11.4 Å². The summed E-state index contributed by atoms with van der Waals surface area (Å²) in [5, 5.41) is 3.89. The van der Waals surface area contributed by atoms with Crippen molar-refractivity contribution in [2.75, 3.05) is 12.4 Å². The van der Waals surface area contributed by atoms with E-state index in [4.69, 9.17) is 4.74 Å². The van der Waals surface area contributed by atoms with Gasteiger partial charge in [-0.1, -0.05) is 23.5 Å². The van der Waals surface area contributed by atoms with Crippen molar-refractivity contribution in [3.05, 3.63) is 88.5 Å². The minimum absolute atomic E-state index is 0.143. The first-order valence-corrected chi connectivity index (χ1v) is 10.7. The fourth-order valence-electron chi connectivity index (χ4n) is 3.56. The topological polar surface area (TPSA) is 86.1 Å². The fraction of sp³-hybridized carbons (Fsp3) is 0.0833. The molecule has 7 nitrogen and oxygen atoms in total. The average molecular weight is 443 g/mol. The number of hydrogen-bond donors (Lipinski definition) is 1. The smallest absolute Gasteiger partial charge is 0.265 e. The number of benzene rings is 3. The van der Waals surface area contributed by atoms with Gasteiger partial charge in [0.2, 0.25) is 0 Å². The number of carbonyl (C=O) groups excluding carboxylic acids is 1. The molecule has 0 unspecified atom stereocenters. The molecular weight excluding hydrogens is 424 g/mol. The zero-order chi connectivity index (χ0) is 22.2. The normalized spacial score (nSPS) is 11.1. The van der Waals surface area contributed by atoms with Gasteiger partial charge in [-0.3, -0.25) is 19.5 Å². The van der Waals surface area contributed by atoms with Gasteiger partial charge in [-0.15, -0.1) is 0 Å². The zero-order valence-electron chi connectivity index (χ0n) is 17.3. The zero-order valence-corrected chi connectivity index (χ0v) is 18.1. The van der Waals surface area contributed by atoms with Gasteiger partial charge in [0, 0.05) is 5.56 Å². The Morgan fingerprint density at radius 2 is 1.78 bits per heavy atom. The van der Waals surface area contributed by atoms with Crippen molar-refractivity contribution in [3.63, 3.8) is 0 Å². The molecule has 32 heavy (non-hydrogen) atoms. The molecule has 0 atom stereocenters. The van der Waals surface area contributed by atoms with E-state index in [-0.39, 0.29) is 11.5 Å². The van der Waals surface area contributed by atoms with Crippen LogP contribution in [0.15, 0.2) is 71.5 Å². The van der Waals surface area contributed by atoms with Crippen LogP contribution in [0.3, 0.4) is 0 Å². The minimum Gasteiger partial charge on any atom is -0.497 e. The highest BCUT2D eigenvalue weighted by Crippen LogP contribution is 2.29. The monoisotopic (exact) mass is 442 g/mol. The lowest BCUT2D eigenvalue weighted by Crippen LogP contribution is -2.22. The average Bonchev–Trinajstić information content (AvgIpc) is 3.20. The molecular formula is C24H18N4O3S. The number of ether oxygens (including phenoxy) is 1. The number of anilines is 1. The van der Waals surface area contributed by atoms with Gasteiger partial charge in [0.1, 0.15) is 11.6 Å². The Labute approximate surface area is 186 Å². The van der Waals surface area contributed by atoms with Crippen LogP contribution in [-0.4, -0.2) is 27.6 Å². The second kappa shape index (κ2) is 7.90. The molecule has 0 saturated carbocycles. The van der Waals surface area contributed by atoms with Crippen LogP contribution in [0.2, 0.25) is 0 Å². The SMILES string of the molecule is COc1ccc2nc(NC(=O)c3ccc(-n4c(C)nc5ccccc5c4=O)cc3)sc2c1. The lowest BCUT2D eigenvalue weighted by molar-refractivity contribution is 0.102. The molecule has 0 bridgehead atoms. The van der Waals surface area contributed by atoms with Gasteiger partial charge < -0.3 is 4.74 Å². The third-order valence-electron chi connectivity index (χ3n) is 5.15. The molecule has 0 aliphatic rings. The van der Waals surface area contributed by atoms with Crippen molar-refractivity contribution in [1.29, 1.82) is 0 Å². The van der Waals surface area contributed by atoms with E-state index in [1.165, 1.54) is 11.3 Å². The summed E-state index contributed by atoms with van der Waals surface area (Å²) >= 11 is 1.38. The number of nitrogens with one attached hydrogen (secondary N) is 1. The van der Waals surface area contributed by atoms with E-state index in [1.807, 2.05) is 36.4 Å². The van der Waals surface area contributed by atoms with E-state index >= 15 is 0 Å². The van der Waals surface area contributed by atoms with Crippen molar-refractivity contribution in [2.45, 2.75) is 6.92 Å². The molecule has 0 fully saturated rings.